The molecule has 0 saturated carbocycles. The number of halogens is 2. The molecule has 7 heteroatoms. The van der Waals surface area contributed by atoms with Crippen LogP contribution in [0.4, 0.5) is 4.39 Å². The highest BCUT2D eigenvalue weighted by Gasteiger charge is 2.14. The van der Waals surface area contributed by atoms with E-state index in [9.17, 15) is 12.8 Å². The summed E-state index contributed by atoms with van der Waals surface area (Å²) in [5.41, 5.74) is 0. The second kappa shape index (κ2) is 3.23. The maximum atomic E-state index is 12.8. The van der Waals surface area contributed by atoms with Crippen molar-refractivity contribution >= 4 is 32.6 Å². The molecule has 2 N–H and O–H groups in total. The Hall–Kier alpha value is -0.280. The summed E-state index contributed by atoms with van der Waals surface area (Å²) >= 11 is 1.76. The van der Waals surface area contributed by atoms with Crippen molar-refractivity contribution in [2.75, 3.05) is 0 Å². The molecule has 0 bridgehead atoms. The molecule has 0 radical (unpaired) electrons. The van der Waals surface area contributed by atoms with E-state index < -0.39 is 20.7 Å². The zero-order valence-corrected chi connectivity index (χ0v) is 8.63. The van der Waals surface area contributed by atoms with Crippen molar-refractivity contribution in [2.45, 2.75) is 4.90 Å². The molecule has 1 heterocycles. The molecule has 12 heavy (non-hydrogen) atoms. The molecular formula is C5H4FIN2O2S. The average Bonchev–Trinajstić information content (AvgIpc) is 1.83. The SMILES string of the molecule is NS(=O)(=O)c1cnc(I)cc1F. The molecule has 0 aliphatic carbocycles. The molecule has 0 unspecified atom stereocenters. The van der Waals surface area contributed by atoms with Gasteiger partial charge in [-0.2, -0.15) is 0 Å². The van der Waals surface area contributed by atoms with Crippen LogP contribution in [0.1, 0.15) is 0 Å². The van der Waals surface area contributed by atoms with Crippen LogP contribution in [-0.4, -0.2) is 13.4 Å². The van der Waals surface area contributed by atoms with Crippen molar-refractivity contribution in [3.8, 4) is 0 Å². The molecule has 0 amide bonds. The third-order valence-corrected chi connectivity index (χ3v) is 2.60. The first-order chi connectivity index (χ1) is 5.41. The number of nitrogens with two attached hydrogens (primary N) is 1. The van der Waals surface area contributed by atoms with Crippen LogP contribution in [0.15, 0.2) is 17.2 Å². The number of sulfonamides is 1. The van der Waals surface area contributed by atoms with Crippen LogP contribution >= 0.6 is 22.6 Å². The number of primary sulfonamides is 1. The summed E-state index contributed by atoms with van der Waals surface area (Å²) in [4.78, 5) is 3.01. The highest BCUT2D eigenvalue weighted by atomic mass is 127. The van der Waals surface area contributed by atoms with Gasteiger partial charge in [-0.3, -0.25) is 0 Å². The van der Waals surface area contributed by atoms with Gasteiger partial charge in [0.05, 0.1) is 6.20 Å². The monoisotopic (exact) mass is 302 g/mol. The molecule has 0 aliphatic heterocycles. The minimum atomic E-state index is -3.99. The Labute approximate surface area is 82.2 Å². The first-order valence-electron chi connectivity index (χ1n) is 2.75. The maximum absolute atomic E-state index is 12.8. The lowest BCUT2D eigenvalue weighted by molar-refractivity contribution is 0.564. The second-order valence-electron chi connectivity index (χ2n) is 1.98. The minimum absolute atomic E-state index is 0.373. The van der Waals surface area contributed by atoms with Gasteiger partial charge in [-0.15, -0.1) is 0 Å². The molecule has 4 nitrogen and oxygen atoms in total. The summed E-state index contributed by atoms with van der Waals surface area (Å²) in [6.45, 7) is 0. The van der Waals surface area contributed by atoms with Crippen molar-refractivity contribution < 1.29 is 12.8 Å². The zero-order valence-electron chi connectivity index (χ0n) is 5.66. The summed E-state index contributed by atoms with van der Waals surface area (Å²) < 4.78 is 34.5. The number of rotatable bonds is 1. The normalized spacial score (nSPS) is 11.6. The topological polar surface area (TPSA) is 73.1 Å². The Balaban J connectivity index is 3.39. The van der Waals surface area contributed by atoms with Crippen LogP contribution in [0.5, 0.6) is 0 Å². The van der Waals surface area contributed by atoms with Gasteiger partial charge in [-0.1, -0.05) is 0 Å². The van der Waals surface area contributed by atoms with E-state index in [0.29, 0.717) is 3.70 Å². The third-order valence-electron chi connectivity index (χ3n) is 1.09. The molecule has 0 aliphatic rings. The van der Waals surface area contributed by atoms with Crippen LogP contribution in [-0.2, 0) is 10.0 Å². The molecule has 0 atom stereocenters. The van der Waals surface area contributed by atoms with Crippen LogP contribution in [0, 0.1) is 9.52 Å². The molecule has 66 valence electrons. The Morgan fingerprint density at radius 2 is 2.17 bits per heavy atom. The fourth-order valence-corrected chi connectivity index (χ4v) is 1.55. The summed E-state index contributed by atoms with van der Waals surface area (Å²) in [6, 6.07) is 1.00. The first kappa shape index (κ1) is 9.81. The van der Waals surface area contributed by atoms with Crippen molar-refractivity contribution in [1.29, 1.82) is 0 Å². The average molecular weight is 302 g/mol. The summed E-state index contributed by atoms with van der Waals surface area (Å²) in [6.07, 6.45) is 0.895. The van der Waals surface area contributed by atoms with E-state index in [0.717, 1.165) is 12.3 Å². The number of nitrogens with zero attached hydrogens (tertiary/aromatic N) is 1. The predicted octanol–water partition coefficient (Wildman–Crippen LogP) is 0.473. The summed E-state index contributed by atoms with van der Waals surface area (Å²) in [5.74, 6) is -0.878. The standard InChI is InChI=1S/C5H4FIN2O2S/c6-3-1-5(7)9-2-4(3)12(8,10)11/h1-2H,(H2,8,10,11). The molecule has 1 aromatic rings. The van der Waals surface area contributed by atoms with Crippen molar-refractivity contribution in [2.24, 2.45) is 5.14 Å². The van der Waals surface area contributed by atoms with Gasteiger partial charge >= 0.3 is 0 Å². The van der Waals surface area contributed by atoms with E-state index >= 15 is 0 Å². The number of aromatic nitrogens is 1. The lowest BCUT2D eigenvalue weighted by Gasteiger charge is -1.98. The van der Waals surface area contributed by atoms with Crippen LogP contribution in [0.2, 0.25) is 0 Å². The van der Waals surface area contributed by atoms with Gasteiger partial charge in [0.25, 0.3) is 0 Å². The molecule has 0 spiro atoms. The Bertz CT molecular complexity index is 406. The van der Waals surface area contributed by atoms with E-state index in [4.69, 9.17) is 5.14 Å². The first-order valence-corrected chi connectivity index (χ1v) is 5.37. The minimum Gasteiger partial charge on any atom is -0.249 e. The van der Waals surface area contributed by atoms with E-state index in [1.807, 2.05) is 0 Å². The Morgan fingerprint density at radius 3 is 2.58 bits per heavy atom. The van der Waals surface area contributed by atoms with Gasteiger partial charge < -0.3 is 0 Å². The molecule has 0 saturated heterocycles. The van der Waals surface area contributed by atoms with Gasteiger partial charge in [0.1, 0.15) is 14.4 Å². The highest BCUT2D eigenvalue weighted by molar-refractivity contribution is 14.1. The van der Waals surface area contributed by atoms with Crippen molar-refractivity contribution in [3.05, 3.63) is 21.8 Å². The molecule has 0 fully saturated rings. The molecule has 1 rings (SSSR count). The lowest BCUT2D eigenvalue weighted by atomic mass is 10.5. The van der Waals surface area contributed by atoms with Gasteiger partial charge in [0, 0.05) is 6.07 Å². The van der Waals surface area contributed by atoms with Gasteiger partial charge in [-0.05, 0) is 22.6 Å². The number of hydrogen-bond donors (Lipinski definition) is 1. The highest BCUT2D eigenvalue weighted by Crippen LogP contribution is 2.12. The van der Waals surface area contributed by atoms with E-state index in [1.165, 1.54) is 0 Å². The van der Waals surface area contributed by atoms with E-state index in [-0.39, 0.29) is 0 Å². The molecular weight excluding hydrogens is 298 g/mol. The summed E-state index contributed by atoms with van der Waals surface area (Å²) in [5, 5.41) is 4.70. The second-order valence-corrected chi connectivity index (χ2v) is 4.62. The largest absolute Gasteiger partial charge is 0.249 e. The maximum Gasteiger partial charge on any atom is 0.242 e. The Morgan fingerprint density at radius 1 is 1.58 bits per heavy atom. The van der Waals surface area contributed by atoms with Crippen LogP contribution in [0.25, 0.3) is 0 Å². The fraction of sp³-hybridized carbons (Fsp3) is 0. The van der Waals surface area contributed by atoms with Crippen molar-refractivity contribution in [1.82, 2.24) is 4.98 Å². The fourth-order valence-electron chi connectivity index (χ4n) is 0.604. The van der Waals surface area contributed by atoms with Gasteiger partial charge in [0.15, 0.2) is 0 Å². The van der Waals surface area contributed by atoms with Crippen LogP contribution < -0.4 is 5.14 Å². The third kappa shape index (κ3) is 2.11. The quantitative estimate of drug-likeness (QED) is 0.605. The number of hydrogen-bond acceptors (Lipinski definition) is 3. The van der Waals surface area contributed by atoms with Gasteiger partial charge in [0.2, 0.25) is 10.0 Å². The smallest absolute Gasteiger partial charge is 0.242 e. The molecule has 1 aromatic heterocycles. The molecule has 0 aromatic carbocycles. The van der Waals surface area contributed by atoms with Crippen molar-refractivity contribution in [3.63, 3.8) is 0 Å². The summed E-state index contributed by atoms with van der Waals surface area (Å²) in [7, 11) is -3.99. The number of pyridine rings is 1. The van der Waals surface area contributed by atoms with E-state index in [2.05, 4.69) is 4.98 Å². The van der Waals surface area contributed by atoms with Crippen LogP contribution in [0.3, 0.4) is 0 Å². The Kier molecular flexibility index (Phi) is 2.64. The van der Waals surface area contributed by atoms with E-state index in [1.54, 1.807) is 22.6 Å². The zero-order chi connectivity index (χ0) is 9.35. The predicted molar refractivity (Wildman–Crippen MR) is 48.3 cm³/mol. The van der Waals surface area contributed by atoms with Gasteiger partial charge in [-0.25, -0.2) is 22.9 Å². The lowest BCUT2D eigenvalue weighted by Crippen LogP contribution is -2.14.